The quantitative estimate of drug-likeness (QED) is 0.744. The molecule has 1 saturated carbocycles. The number of carbonyl (C=O) groups is 1. The van der Waals surface area contributed by atoms with Crippen LogP contribution in [0.2, 0.25) is 0 Å². The van der Waals surface area contributed by atoms with Gasteiger partial charge in [-0.3, -0.25) is 4.79 Å². The van der Waals surface area contributed by atoms with Crippen molar-refractivity contribution in [2.75, 3.05) is 0 Å². The summed E-state index contributed by atoms with van der Waals surface area (Å²) in [5.74, 6) is 1.28. The molecule has 0 aromatic carbocycles. The number of nitrogens with two attached hydrogens (primary N) is 1. The van der Waals surface area contributed by atoms with Crippen LogP contribution in [0.25, 0.3) is 0 Å². The molecule has 0 saturated heterocycles. The fourth-order valence-electron chi connectivity index (χ4n) is 2.54. The molecule has 15 heavy (non-hydrogen) atoms. The van der Waals surface area contributed by atoms with E-state index in [9.17, 15) is 4.79 Å². The van der Waals surface area contributed by atoms with E-state index in [0.29, 0.717) is 18.4 Å². The van der Waals surface area contributed by atoms with Crippen molar-refractivity contribution < 1.29 is 4.79 Å². The average Bonchev–Trinajstić information content (AvgIpc) is 2.11. The first kappa shape index (κ1) is 12.5. The van der Waals surface area contributed by atoms with Gasteiger partial charge in [-0.1, -0.05) is 26.7 Å². The maximum absolute atomic E-state index is 10.8. The fourth-order valence-corrected chi connectivity index (χ4v) is 2.54. The van der Waals surface area contributed by atoms with Gasteiger partial charge in [-0.15, -0.1) is 0 Å². The third kappa shape index (κ3) is 3.82. The van der Waals surface area contributed by atoms with Crippen molar-refractivity contribution in [1.82, 2.24) is 5.32 Å². The molecule has 0 aliphatic heterocycles. The van der Waals surface area contributed by atoms with Crippen LogP contribution in [0.5, 0.6) is 0 Å². The molecular formula is C12H24N2O. The Bertz CT molecular complexity index is 218. The van der Waals surface area contributed by atoms with Crippen LogP contribution in [0.15, 0.2) is 0 Å². The maximum atomic E-state index is 10.8. The summed E-state index contributed by atoms with van der Waals surface area (Å²) in [5.41, 5.74) is 5.18. The van der Waals surface area contributed by atoms with Crippen LogP contribution in [0.3, 0.4) is 0 Å². The predicted octanol–water partition coefficient (Wildman–Crippen LogP) is 1.66. The third-order valence-corrected chi connectivity index (χ3v) is 3.71. The molecule has 0 radical (unpaired) electrons. The molecule has 0 aromatic rings. The van der Waals surface area contributed by atoms with E-state index < -0.39 is 0 Å². The van der Waals surface area contributed by atoms with Gasteiger partial charge in [-0.05, 0) is 25.2 Å². The van der Waals surface area contributed by atoms with Crippen LogP contribution < -0.4 is 11.1 Å². The van der Waals surface area contributed by atoms with Crippen molar-refractivity contribution in [2.45, 2.75) is 58.5 Å². The van der Waals surface area contributed by atoms with Gasteiger partial charge in [0, 0.05) is 18.5 Å². The summed E-state index contributed by atoms with van der Waals surface area (Å²) < 4.78 is 0. The fraction of sp³-hybridized carbons (Fsp3) is 0.917. The van der Waals surface area contributed by atoms with Crippen LogP contribution in [-0.4, -0.2) is 18.0 Å². The highest BCUT2D eigenvalue weighted by Gasteiger charge is 2.27. The second-order valence-electron chi connectivity index (χ2n) is 5.11. The Morgan fingerprint density at radius 2 is 2.13 bits per heavy atom. The highest BCUT2D eigenvalue weighted by Crippen LogP contribution is 2.29. The van der Waals surface area contributed by atoms with Gasteiger partial charge >= 0.3 is 0 Å². The lowest BCUT2D eigenvalue weighted by Gasteiger charge is -2.36. The van der Waals surface area contributed by atoms with E-state index in [0.717, 1.165) is 5.92 Å². The summed E-state index contributed by atoms with van der Waals surface area (Å²) in [6.07, 6.45) is 4.31. The number of hydrogen-bond donors (Lipinski definition) is 2. The van der Waals surface area contributed by atoms with E-state index >= 15 is 0 Å². The molecule has 88 valence electrons. The van der Waals surface area contributed by atoms with Crippen molar-refractivity contribution in [3.05, 3.63) is 0 Å². The highest BCUT2D eigenvalue weighted by atomic mass is 16.1. The first-order chi connectivity index (χ1) is 7.00. The molecule has 4 atom stereocenters. The summed E-state index contributed by atoms with van der Waals surface area (Å²) in [4.78, 5) is 10.8. The number of rotatable bonds is 4. The first-order valence-corrected chi connectivity index (χ1v) is 6.05. The zero-order valence-electron chi connectivity index (χ0n) is 10.1. The van der Waals surface area contributed by atoms with Gasteiger partial charge in [0.2, 0.25) is 5.91 Å². The Morgan fingerprint density at radius 3 is 2.73 bits per heavy atom. The smallest absolute Gasteiger partial charge is 0.218 e. The normalized spacial score (nSPS) is 33.7. The Labute approximate surface area is 92.8 Å². The summed E-state index contributed by atoms with van der Waals surface area (Å²) >= 11 is 0. The summed E-state index contributed by atoms with van der Waals surface area (Å²) in [6.45, 7) is 6.66. The van der Waals surface area contributed by atoms with E-state index in [-0.39, 0.29) is 11.9 Å². The minimum atomic E-state index is -0.216. The Balaban J connectivity index is 2.39. The minimum Gasteiger partial charge on any atom is -0.370 e. The van der Waals surface area contributed by atoms with Gasteiger partial charge in [0.15, 0.2) is 0 Å². The average molecular weight is 212 g/mol. The molecule has 0 spiro atoms. The Kier molecular flexibility index (Phi) is 4.58. The number of amides is 1. The van der Waals surface area contributed by atoms with Crippen LogP contribution in [-0.2, 0) is 4.79 Å². The summed E-state index contributed by atoms with van der Waals surface area (Å²) in [5, 5.41) is 3.53. The molecule has 1 rings (SSSR count). The van der Waals surface area contributed by atoms with Crippen LogP contribution in [0.4, 0.5) is 0 Å². The van der Waals surface area contributed by atoms with E-state index in [1.165, 1.54) is 19.3 Å². The van der Waals surface area contributed by atoms with E-state index in [1.807, 2.05) is 6.92 Å². The van der Waals surface area contributed by atoms with Crippen molar-refractivity contribution >= 4 is 5.91 Å². The van der Waals surface area contributed by atoms with Gasteiger partial charge in [-0.2, -0.15) is 0 Å². The number of nitrogens with one attached hydrogen (secondary N) is 1. The van der Waals surface area contributed by atoms with Crippen molar-refractivity contribution in [3.8, 4) is 0 Å². The van der Waals surface area contributed by atoms with Crippen molar-refractivity contribution in [1.29, 1.82) is 0 Å². The molecule has 0 aromatic heterocycles. The highest BCUT2D eigenvalue weighted by molar-refractivity contribution is 5.74. The zero-order chi connectivity index (χ0) is 11.4. The van der Waals surface area contributed by atoms with Gasteiger partial charge in [0.1, 0.15) is 0 Å². The Hall–Kier alpha value is -0.570. The lowest BCUT2D eigenvalue weighted by Crippen LogP contribution is -2.45. The van der Waals surface area contributed by atoms with E-state index in [4.69, 9.17) is 5.73 Å². The maximum Gasteiger partial charge on any atom is 0.218 e. The number of carbonyl (C=O) groups excluding carboxylic acids is 1. The second kappa shape index (κ2) is 5.50. The monoisotopic (exact) mass is 212 g/mol. The zero-order valence-corrected chi connectivity index (χ0v) is 10.1. The number of primary amides is 1. The largest absolute Gasteiger partial charge is 0.370 e. The van der Waals surface area contributed by atoms with Gasteiger partial charge < -0.3 is 11.1 Å². The first-order valence-electron chi connectivity index (χ1n) is 6.05. The minimum absolute atomic E-state index is 0.209. The molecule has 1 aliphatic carbocycles. The van der Waals surface area contributed by atoms with Gasteiger partial charge in [0.05, 0.1) is 0 Å². The molecule has 0 bridgehead atoms. The molecule has 3 nitrogen and oxygen atoms in total. The molecule has 3 N–H and O–H groups in total. The third-order valence-electron chi connectivity index (χ3n) is 3.71. The van der Waals surface area contributed by atoms with E-state index in [2.05, 4.69) is 19.2 Å². The SMILES string of the molecule is CC(CC(N)=O)NC1CCCC(C)C1C. The lowest BCUT2D eigenvalue weighted by atomic mass is 9.78. The number of hydrogen-bond acceptors (Lipinski definition) is 2. The molecule has 0 heterocycles. The van der Waals surface area contributed by atoms with Gasteiger partial charge in [0.25, 0.3) is 0 Å². The Morgan fingerprint density at radius 1 is 1.47 bits per heavy atom. The molecule has 3 heteroatoms. The predicted molar refractivity (Wildman–Crippen MR) is 62.4 cm³/mol. The molecule has 1 aliphatic rings. The van der Waals surface area contributed by atoms with Crippen LogP contribution in [0.1, 0.15) is 46.5 Å². The lowest BCUT2D eigenvalue weighted by molar-refractivity contribution is -0.118. The van der Waals surface area contributed by atoms with Crippen LogP contribution >= 0.6 is 0 Å². The molecule has 1 fully saturated rings. The standard InChI is InChI=1S/C12H24N2O/c1-8-5-4-6-11(10(8)3)14-9(2)7-12(13)15/h8-11,14H,4-7H2,1-3H3,(H2,13,15). The second-order valence-corrected chi connectivity index (χ2v) is 5.11. The van der Waals surface area contributed by atoms with Crippen molar-refractivity contribution in [2.24, 2.45) is 17.6 Å². The summed E-state index contributed by atoms with van der Waals surface area (Å²) in [6, 6.07) is 0.767. The molecular weight excluding hydrogens is 188 g/mol. The van der Waals surface area contributed by atoms with Crippen molar-refractivity contribution in [3.63, 3.8) is 0 Å². The summed E-state index contributed by atoms with van der Waals surface area (Å²) in [7, 11) is 0. The molecule has 1 amide bonds. The van der Waals surface area contributed by atoms with E-state index in [1.54, 1.807) is 0 Å². The van der Waals surface area contributed by atoms with Gasteiger partial charge in [-0.25, -0.2) is 0 Å². The molecule has 4 unspecified atom stereocenters. The topological polar surface area (TPSA) is 55.1 Å². The van der Waals surface area contributed by atoms with Crippen LogP contribution in [0, 0.1) is 11.8 Å².